The summed E-state index contributed by atoms with van der Waals surface area (Å²) in [6.45, 7) is 0. The number of benzene rings is 9. The SMILES string of the molecule is Cn1c2ccccc2c2c3c(ccc21)oc1ccccc13.Cn1c2ccccc2c2c3c(ccc21)sc1ccccc13.Cn1c2ccccc2c2c3oc4ccccc4c3ccc21. The molecule has 0 spiro atoms. The lowest BCUT2D eigenvalue weighted by atomic mass is 10.1. The summed E-state index contributed by atoms with van der Waals surface area (Å²) in [6, 6.07) is 64.1. The van der Waals surface area contributed by atoms with Gasteiger partial charge in [-0.3, -0.25) is 0 Å². The van der Waals surface area contributed by atoms with Crippen molar-refractivity contribution in [1.29, 1.82) is 0 Å². The van der Waals surface area contributed by atoms with E-state index < -0.39 is 0 Å². The number of nitrogens with zero attached hydrogens (tertiary/aromatic N) is 3. The van der Waals surface area contributed by atoms with E-state index in [4.69, 9.17) is 8.83 Å². The van der Waals surface area contributed by atoms with E-state index in [1.165, 1.54) is 107 Å². The monoisotopic (exact) mass is 829 g/mol. The molecule has 0 saturated heterocycles. The molecule has 0 saturated carbocycles. The number of rotatable bonds is 0. The number of thiophene rings is 1. The number of fused-ring (bicyclic) bond motifs is 21. The number of para-hydroxylation sites is 5. The molecule has 0 amide bonds. The highest BCUT2D eigenvalue weighted by molar-refractivity contribution is 7.26. The van der Waals surface area contributed by atoms with E-state index in [0.29, 0.717) is 0 Å². The zero-order chi connectivity index (χ0) is 41.9. The van der Waals surface area contributed by atoms with Gasteiger partial charge in [-0.15, -0.1) is 11.3 Å². The van der Waals surface area contributed by atoms with E-state index in [2.05, 4.69) is 193 Å². The summed E-state index contributed by atoms with van der Waals surface area (Å²) < 4.78 is 21.7. The molecule has 63 heavy (non-hydrogen) atoms. The lowest BCUT2D eigenvalue weighted by Crippen LogP contribution is -1.85. The van der Waals surface area contributed by atoms with Crippen LogP contribution in [0, 0.1) is 0 Å². The van der Waals surface area contributed by atoms with Gasteiger partial charge in [-0.25, -0.2) is 0 Å². The van der Waals surface area contributed by atoms with Crippen LogP contribution in [0.1, 0.15) is 0 Å². The second-order valence-corrected chi connectivity index (χ2v) is 17.6. The molecule has 6 aromatic heterocycles. The highest BCUT2D eigenvalue weighted by Gasteiger charge is 2.18. The second kappa shape index (κ2) is 13.6. The van der Waals surface area contributed by atoms with Crippen LogP contribution in [0.5, 0.6) is 0 Å². The van der Waals surface area contributed by atoms with Crippen LogP contribution in [0.15, 0.2) is 191 Å². The Morgan fingerprint density at radius 3 is 1.40 bits per heavy atom. The molecular formula is C57H39N3O2S. The quantitative estimate of drug-likeness (QED) is 0.153. The van der Waals surface area contributed by atoms with Gasteiger partial charge in [0.2, 0.25) is 0 Å². The molecule has 300 valence electrons. The molecule has 0 N–H and O–H groups in total. The molecule has 0 atom stereocenters. The molecular weight excluding hydrogens is 791 g/mol. The standard InChI is InChI=1S/2C19H13NO.C19H13NS/c1-20-15-8-4-2-7-14(15)18-16(20)11-10-13-12-6-3-5-9-17(12)21-19(13)18;2*1-20-14-8-4-2-6-12(14)18-15(20)10-11-17-19(18)13-7-3-5-9-16(13)21-17/h3*2-11H,1H3. The van der Waals surface area contributed by atoms with Gasteiger partial charge in [-0.2, -0.15) is 0 Å². The number of hydrogen-bond donors (Lipinski definition) is 0. The molecule has 0 radical (unpaired) electrons. The Hall–Kier alpha value is -7.80. The van der Waals surface area contributed by atoms with Gasteiger partial charge in [0.05, 0.1) is 10.9 Å². The number of furan rings is 2. The zero-order valence-electron chi connectivity index (χ0n) is 34.9. The summed E-state index contributed by atoms with van der Waals surface area (Å²) >= 11 is 1.89. The van der Waals surface area contributed by atoms with Crippen LogP contribution in [0.4, 0.5) is 0 Å². The first-order valence-corrected chi connectivity index (χ1v) is 22.2. The zero-order valence-corrected chi connectivity index (χ0v) is 35.7. The van der Waals surface area contributed by atoms with Crippen molar-refractivity contribution in [3.8, 4) is 0 Å². The molecule has 6 heteroatoms. The van der Waals surface area contributed by atoms with Gasteiger partial charge in [0.1, 0.15) is 22.3 Å². The van der Waals surface area contributed by atoms with Gasteiger partial charge in [0, 0.05) is 117 Å². The minimum absolute atomic E-state index is 0.952. The molecule has 0 bridgehead atoms. The molecule has 9 aromatic carbocycles. The first-order valence-electron chi connectivity index (χ1n) is 21.4. The van der Waals surface area contributed by atoms with Crippen molar-refractivity contribution in [2.75, 3.05) is 0 Å². The molecule has 15 aromatic rings. The van der Waals surface area contributed by atoms with Crippen molar-refractivity contribution >= 4 is 141 Å². The third-order valence-corrected chi connectivity index (χ3v) is 14.4. The molecule has 0 aliphatic heterocycles. The van der Waals surface area contributed by atoms with Gasteiger partial charge in [-0.1, -0.05) is 109 Å². The van der Waals surface area contributed by atoms with Gasteiger partial charge < -0.3 is 22.5 Å². The Kier molecular flexibility index (Phi) is 7.75. The first kappa shape index (κ1) is 35.9. The topological polar surface area (TPSA) is 41.1 Å². The third-order valence-electron chi connectivity index (χ3n) is 13.3. The van der Waals surface area contributed by atoms with Gasteiger partial charge in [-0.05, 0) is 72.8 Å². The molecule has 6 heterocycles. The smallest absolute Gasteiger partial charge is 0.145 e. The number of aromatic nitrogens is 3. The Balaban J connectivity index is 0.0000000957. The van der Waals surface area contributed by atoms with Crippen LogP contribution in [0.25, 0.3) is 129 Å². The van der Waals surface area contributed by atoms with E-state index >= 15 is 0 Å². The van der Waals surface area contributed by atoms with Crippen molar-refractivity contribution < 1.29 is 8.83 Å². The maximum atomic E-state index is 6.17. The molecule has 0 fully saturated rings. The van der Waals surface area contributed by atoms with E-state index in [1.54, 1.807) is 0 Å². The van der Waals surface area contributed by atoms with Crippen molar-refractivity contribution in [2.24, 2.45) is 21.1 Å². The fourth-order valence-corrected chi connectivity index (χ4v) is 11.5. The summed E-state index contributed by atoms with van der Waals surface area (Å²) in [5.41, 5.74) is 11.4. The lowest BCUT2D eigenvalue weighted by molar-refractivity contribution is 0.669. The highest BCUT2D eigenvalue weighted by Crippen LogP contribution is 2.43. The number of aryl methyl sites for hydroxylation is 3. The summed E-state index contributed by atoms with van der Waals surface area (Å²) in [7, 11) is 6.39. The summed E-state index contributed by atoms with van der Waals surface area (Å²) in [5, 5.41) is 15.3. The van der Waals surface area contributed by atoms with Crippen LogP contribution < -0.4 is 0 Å². The normalized spacial score (nSPS) is 12.0. The average molecular weight is 830 g/mol. The van der Waals surface area contributed by atoms with Crippen molar-refractivity contribution in [1.82, 2.24) is 13.7 Å². The van der Waals surface area contributed by atoms with Crippen LogP contribution in [0.3, 0.4) is 0 Å². The predicted octanol–water partition coefficient (Wildman–Crippen LogP) is 16.2. The molecule has 0 aliphatic carbocycles. The van der Waals surface area contributed by atoms with E-state index in [0.717, 1.165) is 22.3 Å². The average Bonchev–Trinajstić information content (AvgIpc) is 4.18. The van der Waals surface area contributed by atoms with Crippen LogP contribution in [0.2, 0.25) is 0 Å². The van der Waals surface area contributed by atoms with Crippen molar-refractivity contribution in [2.45, 2.75) is 0 Å². The van der Waals surface area contributed by atoms with Crippen molar-refractivity contribution in [3.63, 3.8) is 0 Å². The van der Waals surface area contributed by atoms with Gasteiger partial charge in [0.25, 0.3) is 0 Å². The third kappa shape index (κ3) is 5.16. The second-order valence-electron chi connectivity index (χ2n) is 16.5. The van der Waals surface area contributed by atoms with Crippen LogP contribution in [-0.4, -0.2) is 13.7 Å². The maximum absolute atomic E-state index is 6.17. The summed E-state index contributed by atoms with van der Waals surface area (Å²) in [6.07, 6.45) is 0. The highest BCUT2D eigenvalue weighted by atomic mass is 32.1. The van der Waals surface area contributed by atoms with E-state index in [-0.39, 0.29) is 0 Å². The van der Waals surface area contributed by atoms with Crippen LogP contribution >= 0.6 is 11.3 Å². The van der Waals surface area contributed by atoms with E-state index in [9.17, 15) is 0 Å². The Morgan fingerprint density at radius 2 is 0.746 bits per heavy atom. The fourth-order valence-electron chi connectivity index (χ4n) is 10.4. The largest absolute Gasteiger partial charge is 0.456 e. The van der Waals surface area contributed by atoms with Gasteiger partial charge in [0.15, 0.2) is 0 Å². The Bertz CT molecular complexity index is 4120. The summed E-state index contributed by atoms with van der Waals surface area (Å²) in [5.74, 6) is 0. The van der Waals surface area contributed by atoms with Crippen LogP contribution in [-0.2, 0) is 21.1 Å². The van der Waals surface area contributed by atoms with Gasteiger partial charge >= 0.3 is 0 Å². The minimum Gasteiger partial charge on any atom is -0.456 e. The molecule has 5 nitrogen and oxygen atoms in total. The number of hydrogen-bond acceptors (Lipinski definition) is 3. The Labute approximate surface area is 364 Å². The lowest BCUT2D eigenvalue weighted by Gasteiger charge is -1.98. The molecule has 0 aliphatic rings. The fraction of sp³-hybridized carbons (Fsp3) is 0.0526. The Morgan fingerprint density at radius 1 is 0.286 bits per heavy atom. The van der Waals surface area contributed by atoms with Crippen molar-refractivity contribution in [3.05, 3.63) is 182 Å². The molecule has 15 rings (SSSR count). The first-order chi connectivity index (χ1) is 31.0. The van der Waals surface area contributed by atoms with E-state index in [1.807, 2.05) is 35.6 Å². The maximum Gasteiger partial charge on any atom is 0.145 e. The minimum atomic E-state index is 0.952. The summed E-state index contributed by atoms with van der Waals surface area (Å²) in [4.78, 5) is 0. The predicted molar refractivity (Wildman–Crippen MR) is 269 cm³/mol. The molecule has 0 unspecified atom stereocenters.